The number of ether oxygens (including phenoxy) is 2. The van der Waals surface area contributed by atoms with E-state index >= 15 is 0 Å². The number of hydrogen-bond acceptors (Lipinski definition) is 4. The second-order valence-corrected chi connectivity index (χ2v) is 4.86. The van der Waals surface area contributed by atoms with Crippen LogP contribution in [0.2, 0.25) is 0 Å². The lowest BCUT2D eigenvalue weighted by Gasteiger charge is -2.13. The molecule has 3 rings (SSSR count). The zero-order valence-electron chi connectivity index (χ0n) is 12.7. The highest BCUT2D eigenvalue weighted by Gasteiger charge is 2.12. The van der Waals surface area contributed by atoms with E-state index in [1.165, 1.54) is 0 Å². The van der Waals surface area contributed by atoms with Crippen LogP contribution in [0.15, 0.2) is 47.3 Å². The van der Waals surface area contributed by atoms with Crippen molar-refractivity contribution in [3.8, 4) is 17.2 Å². The van der Waals surface area contributed by atoms with E-state index in [4.69, 9.17) is 9.47 Å². The highest BCUT2D eigenvalue weighted by molar-refractivity contribution is 5.77. The Balaban J connectivity index is 2.28. The largest absolute Gasteiger partial charge is 0.493 e. The standard InChI is InChI=1S/C17H16N2O3/c1-11-18-14-7-5-4-6-13(14)17(20)19(11)12-8-9-15(21-2)16(10-12)22-3/h4-10H,1-3H3. The Morgan fingerprint density at radius 2 is 1.73 bits per heavy atom. The molecule has 0 radical (unpaired) electrons. The highest BCUT2D eigenvalue weighted by atomic mass is 16.5. The van der Waals surface area contributed by atoms with E-state index < -0.39 is 0 Å². The predicted molar refractivity (Wildman–Crippen MR) is 85.2 cm³/mol. The van der Waals surface area contributed by atoms with Crippen molar-refractivity contribution in [2.75, 3.05) is 14.2 Å². The Morgan fingerprint density at radius 1 is 1.00 bits per heavy atom. The quantitative estimate of drug-likeness (QED) is 0.745. The number of rotatable bonds is 3. The molecule has 0 atom stereocenters. The third kappa shape index (κ3) is 2.20. The molecule has 0 bridgehead atoms. The number of aryl methyl sites for hydroxylation is 1. The van der Waals surface area contributed by atoms with Gasteiger partial charge in [-0.3, -0.25) is 9.36 Å². The first kappa shape index (κ1) is 14.1. The number of fused-ring (bicyclic) bond motifs is 1. The molecule has 0 saturated carbocycles. The molecule has 2 aromatic carbocycles. The van der Waals surface area contributed by atoms with Crippen LogP contribution < -0.4 is 15.0 Å². The minimum absolute atomic E-state index is 0.102. The van der Waals surface area contributed by atoms with Crippen LogP contribution in [0, 0.1) is 6.92 Å². The number of hydrogen-bond donors (Lipinski definition) is 0. The lowest BCUT2D eigenvalue weighted by molar-refractivity contribution is 0.355. The summed E-state index contributed by atoms with van der Waals surface area (Å²) >= 11 is 0. The molecule has 0 fully saturated rings. The summed E-state index contributed by atoms with van der Waals surface area (Å²) in [5.41, 5.74) is 1.29. The number of para-hydroxylation sites is 1. The zero-order chi connectivity index (χ0) is 15.7. The van der Waals surface area contributed by atoms with E-state index in [1.54, 1.807) is 37.0 Å². The second kappa shape index (κ2) is 5.52. The fourth-order valence-corrected chi connectivity index (χ4v) is 2.51. The first-order valence-electron chi connectivity index (χ1n) is 6.86. The summed E-state index contributed by atoms with van der Waals surface area (Å²) in [7, 11) is 3.14. The molecule has 0 amide bonds. The van der Waals surface area contributed by atoms with Gasteiger partial charge in [-0.15, -0.1) is 0 Å². The molecule has 1 aromatic heterocycles. The van der Waals surface area contributed by atoms with Gasteiger partial charge in [0.15, 0.2) is 11.5 Å². The van der Waals surface area contributed by atoms with Gasteiger partial charge in [0.25, 0.3) is 5.56 Å². The maximum absolute atomic E-state index is 12.8. The van der Waals surface area contributed by atoms with Crippen LogP contribution in [0.25, 0.3) is 16.6 Å². The molecule has 0 aliphatic rings. The Hall–Kier alpha value is -2.82. The van der Waals surface area contributed by atoms with Gasteiger partial charge >= 0.3 is 0 Å². The SMILES string of the molecule is COc1ccc(-n2c(C)nc3ccccc3c2=O)cc1OC. The summed E-state index contributed by atoms with van der Waals surface area (Å²) in [6.07, 6.45) is 0. The molecule has 0 aliphatic carbocycles. The van der Waals surface area contributed by atoms with E-state index in [1.807, 2.05) is 31.2 Å². The van der Waals surface area contributed by atoms with Gasteiger partial charge in [-0.1, -0.05) is 12.1 Å². The van der Waals surface area contributed by atoms with Crippen LogP contribution in [0.1, 0.15) is 5.82 Å². The molecule has 112 valence electrons. The van der Waals surface area contributed by atoms with E-state index in [0.29, 0.717) is 33.9 Å². The lowest BCUT2D eigenvalue weighted by Crippen LogP contribution is -2.22. The topological polar surface area (TPSA) is 53.4 Å². The normalized spacial score (nSPS) is 10.7. The highest BCUT2D eigenvalue weighted by Crippen LogP contribution is 2.29. The Labute approximate surface area is 127 Å². The molecule has 0 saturated heterocycles. The van der Waals surface area contributed by atoms with Gasteiger partial charge < -0.3 is 9.47 Å². The van der Waals surface area contributed by atoms with Crippen LogP contribution >= 0.6 is 0 Å². The lowest BCUT2D eigenvalue weighted by atomic mass is 10.2. The monoisotopic (exact) mass is 296 g/mol. The second-order valence-electron chi connectivity index (χ2n) is 4.86. The molecule has 1 heterocycles. The van der Waals surface area contributed by atoms with E-state index in [0.717, 1.165) is 0 Å². The summed E-state index contributed by atoms with van der Waals surface area (Å²) in [4.78, 5) is 17.3. The van der Waals surface area contributed by atoms with Crippen molar-refractivity contribution in [3.05, 3.63) is 58.6 Å². The van der Waals surface area contributed by atoms with Crippen LogP contribution in [0.4, 0.5) is 0 Å². The Morgan fingerprint density at radius 3 is 2.45 bits per heavy atom. The fourth-order valence-electron chi connectivity index (χ4n) is 2.51. The minimum atomic E-state index is -0.102. The summed E-state index contributed by atoms with van der Waals surface area (Å²) in [6.45, 7) is 1.81. The molecule has 22 heavy (non-hydrogen) atoms. The number of aromatic nitrogens is 2. The average Bonchev–Trinajstić information content (AvgIpc) is 2.54. The molecule has 3 aromatic rings. The van der Waals surface area contributed by atoms with Gasteiger partial charge in [-0.25, -0.2) is 4.98 Å². The molecular formula is C17H16N2O3. The van der Waals surface area contributed by atoms with Gasteiger partial charge in [0.1, 0.15) is 5.82 Å². The fraction of sp³-hybridized carbons (Fsp3) is 0.176. The maximum atomic E-state index is 12.8. The van der Waals surface area contributed by atoms with Crippen LogP contribution in [-0.4, -0.2) is 23.8 Å². The smallest absolute Gasteiger partial charge is 0.265 e. The summed E-state index contributed by atoms with van der Waals surface area (Å²) in [5.74, 6) is 1.81. The Kier molecular flexibility index (Phi) is 3.55. The number of nitrogens with zero attached hydrogens (tertiary/aromatic N) is 2. The third-order valence-electron chi connectivity index (χ3n) is 3.57. The summed E-state index contributed by atoms with van der Waals surface area (Å²) < 4.78 is 12.1. The molecule has 0 spiro atoms. The summed E-state index contributed by atoms with van der Waals surface area (Å²) in [5, 5.41) is 0.586. The molecule has 5 heteroatoms. The van der Waals surface area contributed by atoms with E-state index in [-0.39, 0.29) is 5.56 Å². The van der Waals surface area contributed by atoms with Crippen LogP contribution in [-0.2, 0) is 0 Å². The van der Waals surface area contributed by atoms with Crippen molar-refractivity contribution in [2.45, 2.75) is 6.92 Å². The van der Waals surface area contributed by atoms with Gasteiger partial charge in [-0.05, 0) is 31.2 Å². The minimum Gasteiger partial charge on any atom is -0.493 e. The maximum Gasteiger partial charge on any atom is 0.265 e. The number of benzene rings is 2. The summed E-state index contributed by atoms with van der Waals surface area (Å²) in [6, 6.07) is 12.7. The molecule has 0 aliphatic heterocycles. The molecule has 0 unspecified atom stereocenters. The predicted octanol–water partition coefficient (Wildman–Crippen LogP) is 2.71. The van der Waals surface area contributed by atoms with Crippen molar-refractivity contribution in [3.63, 3.8) is 0 Å². The van der Waals surface area contributed by atoms with Gasteiger partial charge in [0.2, 0.25) is 0 Å². The van der Waals surface area contributed by atoms with Crippen molar-refractivity contribution in [1.29, 1.82) is 0 Å². The van der Waals surface area contributed by atoms with Gasteiger partial charge in [0.05, 0.1) is 30.8 Å². The molecule has 5 nitrogen and oxygen atoms in total. The van der Waals surface area contributed by atoms with E-state index in [2.05, 4.69) is 4.98 Å². The molecule has 0 N–H and O–H groups in total. The zero-order valence-corrected chi connectivity index (χ0v) is 12.7. The number of methoxy groups -OCH3 is 2. The average molecular weight is 296 g/mol. The van der Waals surface area contributed by atoms with Crippen molar-refractivity contribution in [2.24, 2.45) is 0 Å². The first-order chi connectivity index (χ1) is 10.7. The third-order valence-corrected chi connectivity index (χ3v) is 3.57. The van der Waals surface area contributed by atoms with Crippen molar-refractivity contribution < 1.29 is 9.47 Å². The Bertz CT molecular complexity index is 900. The van der Waals surface area contributed by atoms with Crippen LogP contribution in [0.3, 0.4) is 0 Å². The van der Waals surface area contributed by atoms with Crippen LogP contribution in [0.5, 0.6) is 11.5 Å². The molecular weight excluding hydrogens is 280 g/mol. The van der Waals surface area contributed by atoms with Gasteiger partial charge in [-0.2, -0.15) is 0 Å². The van der Waals surface area contributed by atoms with Crippen molar-refractivity contribution in [1.82, 2.24) is 9.55 Å². The first-order valence-corrected chi connectivity index (χ1v) is 6.86. The van der Waals surface area contributed by atoms with Crippen molar-refractivity contribution >= 4 is 10.9 Å². The van der Waals surface area contributed by atoms with Gasteiger partial charge in [0, 0.05) is 6.07 Å². The van der Waals surface area contributed by atoms with E-state index in [9.17, 15) is 4.79 Å².